The maximum atomic E-state index is 12.8. The van der Waals surface area contributed by atoms with Gasteiger partial charge in [0.05, 0.1) is 16.9 Å². The Hall–Kier alpha value is -2.92. The van der Waals surface area contributed by atoms with Crippen molar-refractivity contribution < 1.29 is 4.79 Å². The quantitative estimate of drug-likeness (QED) is 0.599. The van der Waals surface area contributed by atoms with Gasteiger partial charge in [0.15, 0.2) is 0 Å². The number of imidazole rings is 1. The third-order valence-electron chi connectivity index (χ3n) is 3.86. The Kier molecular flexibility index (Phi) is 3.43. The van der Waals surface area contributed by atoms with Crippen molar-refractivity contribution >= 4 is 39.7 Å². The second-order valence-electron chi connectivity index (χ2n) is 5.45. The molecule has 1 N–H and O–H groups in total. The summed E-state index contributed by atoms with van der Waals surface area (Å²) < 4.78 is 1.73. The molecule has 0 spiro atoms. The smallest absolute Gasteiger partial charge is 0.274 e. The molecule has 0 radical (unpaired) electrons. The van der Waals surface area contributed by atoms with E-state index in [0.717, 1.165) is 10.9 Å². The lowest BCUT2D eigenvalue weighted by molar-refractivity contribution is 0.102. The van der Waals surface area contributed by atoms with Crippen LogP contribution in [-0.2, 0) is 0 Å². The van der Waals surface area contributed by atoms with Gasteiger partial charge in [0.1, 0.15) is 11.3 Å². The van der Waals surface area contributed by atoms with Crippen molar-refractivity contribution in [3.05, 3.63) is 71.3 Å². The maximum Gasteiger partial charge on any atom is 0.274 e. The molecule has 0 unspecified atom stereocenters. The van der Waals surface area contributed by atoms with E-state index >= 15 is 0 Å². The number of carbonyl (C=O) groups excluding carboxylic acids is 1. The molecule has 0 fully saturated rings. The fraction of sp³-hybridized carbons (Fsp3) is 0.0556. The lowest BCUT2D eigenvalue weighted by atomic mass is 10.2. The van der Waals surface area contributed by atoms with Crippen molar-refractivity contribution in [2.75, 3.05) is 5.32 Å². The molecule has 0 aliphatic heterocycles. The highest BCUT2D eigenvalue weighted by molar-refractivity contribution is 6.30. The number of benzene rings is 1. The van der Waals surface area contributed by atoms with Gasteiger partial charge in [-0.15, -0.1) is 0 Å². The second kappa shape index (κ2) is 5.62. The molecule has 6 heteroatoms. The van der Waals surface area contributed by atoms with Crippen molar-refractivity contribution in [2.24, 2.45) is 0 Å². The summed E-state index contributed by atoms with van der Waals surface area (Å²) in [5, 5.41) is 4.49. The van der Waals surface area contributed by atoms with E-state index in [4.69, 9.17) is 11.6 Å². The number of nitrogens with zero attached hydrogens (tertiary/aromatic N) is 3. The van der Waals surface area contributed by atoms with Crippen molar-refractivity contribution in [1.82, 2.24) is 14.4 Å². The summed E-state index contributed by atoms with van der Waals surface area (Å²) in [7, 11) is 0. The van der Waals surface area contributed by atoms with E-state index in [1.807, 2.05) is 30.3 Å². The molecule has 0 aliphatic rings. The zero-order valence-electron chi connectivity index (χ0n) is 12.8. The van der Waals surface area contributed by atoms with Crippen LogP contribution >= 0.6 is 11.6 Å². The topological polar surface area (TPSA) is 59.3 Å². The van der Waals surface area contributed by atoms with Gasteiger partial charge in [-0.2, -0.15) is 0 Å². The number of rotatable bonds is 2. The molecule has 3 aromatic heterocycles. The number of aromatic nitrogens is 3. The first-order valence-electron chi connectivity index (χ1n) is 7.43. The third kappa shape index (κ3) is 2.39. The van der Waals surface area contributed by atoms with Crippen LogP contribution < -0.4 is 5.32 Å². The van der Waals surface area contributed by atoms with Crippen LogP contribution in [0.15, 0.2) is 54.9 Å². The highest BCUT2D eigenvalue weighted by atomic mass is 35.5. The minimum absolute atomic E-state index is 0.236. The summed E-state index contributed by atoms with van der Waals surface area (Å²) in [5.74, 6) is -0.236. The molecule has 1 amide bonds. The summed E-state index contributed by atoms with van der Waals surface area (Å²) in [6.07, 6.45) is 3.45. The van der Waals surface area contributed by atoms with Gasteiger partial charge in [0, 0.05) is 28.9 Å². The van der Waals surface area contributed by atoms with E-state index in [9.17, 15) is 4.79 Å². The molecule has 24 heavy (non-hydrogen) atoms. The van der Waals surface area contributed by atoms with Gasteiger partial charge < -0.3 is 5.32 Å². The SMILES string of the molecule is Cc1nc2cc(Cl)ccn2c1C(=O)Nc1cccc2cccnc12. The Labute approximate surface area is 142 Å². The molecule has 4 aromatic rings. The Morgan fingerprint density at radius 2 is 2.04 bits per heavy atom. The fourth-order valence-electron chi connectivity index (χ4n) is 2.80. The zero-order valence-corrected chi connectivity index (χ0v) is 13.6. The van der Waals surface area contributed by atoms with Crippen LogP contribution in [-0.4, -0.2) is 20.3 Å². The van der Waals surface area contributed by atoms with Crippen LogP contribution in [0.1, 0.15) is 16.2 Å². The lowest BCUT2D eigenvalue weighted by Gasteiger charge is -2.08. The van der Waals surface area contributed by atoms with E-state index in [1.54, 1.807) is 35.9 Å². The standard InChI is InChI=1S/C18H13ClN4O/c1-11-17(23-9-7-13(19)10-15(23)21-11)18(24)22-14-6-2-4-12-5-3-8-20-16(12)14/h2-10H,1H3,(H,22,24). The number of carbonyl (C=O) groups is 1. The molecule has 0 saturated heterocycles. The fourth-order valence-corrected chi connectivity index (χ4v) is 2.95. The third-order valence-corrected chi connectivity index (χ3v) is 4.09. The number of anilines is 1. The van der Waals surface area contributed by atoms with Gasteiger partial charge >= 0.3 is 0 Å². The van der Waals surface area contributed by atoms with Crippen molar-refractivity contribution in [3.8, 4) is 0 Å². The minimum Gasteiger partial charge on any atom is -0.319 e. The minimum atomic E-state index is -0.236. The van der Waals surface area contributed by atoms with Gasteiger partial charge in [-0.1, -0.05) is 29.8 Å². The summed E-state index contributed by atoms with van der Waals surface area (Å²) >= 11 is 5.99. The lowest BCUT2D eigenvalue weighted by Crippen LogP contribution is -2.16. The van der Waals surface area contributed by atoms with Crippen LogP contribution in [0.5, 0.6) is 0 Å². The van der Waals surface area contributed by atoms with Crippen LogP contribution in [0.25, 0.3) is 16.6 Å². The molecule has 1 aromatic carbocycles. The Bertz CT molecular complexity index is 1080. The number of hydrogen-bond acceptors (Lipinski definition) is 3. The molecule has 0 atom stereocenters. The molecule has 0 bridgehead atoms. The van der Waals surface area contributed by atoms with Crippen molar-refractivity contribution in [3.63, 3.8) is 0 Å². The van der Waals surface area contributed by atoms with Crippen LogP contribution in [0.3, 0.4) is 0 Å². The summed E-state index contributed by atoms with van der Waals surface area (Å²) in [6.45, 7) is 1.80. The van der Waals surface area contributed by atoms with E-state index in [0.29, 0.717) is 27.7 Å². The normalized spacial score (nSPS) is 11.1. The number of nitrogens with one attached hydrogen (secondary N) is 1. The second-order valence-corrected chi connectivity index (χ2v) is 5.89. The number of fused-ring (bicyclic) bond motifs is 2. The predicted molar refractivity (Wildman–Crippen MR) is 94.6 cm³/mol. The van der Waals surface area contributed by atoms with E-state index in [2.05, 4.69) is 15.3 Å². The van der Waals surface area contributed by atoms with Gasteiger partial charge in [0.25, 0.3) is 5.91 Å². The number of para-hydroxylation sites is 1. The monoisotopic (exact) mass is 336 g/mol. The molecule has 4 rings (SSSR count). The van der Waals surface area contributed by atoms with Gasteiger partial charge in [0.2, 0.25) is 0 Å². The molecule has 3 heterocycles. The summed E-state index contributed by atoms with van der Waals surface area (Å²) in [4.78, 5) is 21.6. The number of pyridine rings is 2. The number of amides is 1. The number of hydrogen-bond donors (Lipinski definition) is 1. The average Bonchev–Trinajstić information content (AvgIpc) is 2.90. The number of halogens is 1. The summed E-state index contributed by atoms with van der Waals surface area (Å²) in [5.41, 5.74) is 3.18. The van der Waals surface area contributed by atoms with Crippen molar-refractivity contribution in [2.45, 2.75) is 6.92 Å². The predicted octanol–water partition coefficient (Wildman–Crippen LogP) is 4.10. The highest BCUT2D eigenvalue weighted by Crippen LogP contribution is 2.22. The van der Waals surface area contributed by atoms with E-state index in [1.165, 1.54) is 0 Å². The van der Waals surface area contributed by atoms with E-state index in [-0.39, 0.29) is 5.91 Å². The Morgan fingerprint density at radius 3 is 2.92 bits per heavy atom. The first-order chi connectivity index (χ1) is 11.6. The Morgan fingerprint density at radius 1 is 1.21 bits per heavy atom. The largest absolute Gasteiger partial charge is 0.319 e. The molecule has 0 saturated carbocycles. The van der Waals surface area contributed by atoms with Crippen LogP contribution in [0.4, 0.5) is 5.69 Å². The maximum absolute atomic E-state index is 12.8. The first kappa shape index (κ1) is 14.7. The average molecular weight is 337 g/mol. The van der Waals surface area contributed by atoms with Gasteiger partial charge in [-0.05, 0) is 25.1 Å². The van der Waals surface area contributed by atoms with Gasteiger partial charge in [-0.25, -0.2) is 4.98 Å². The first-order valence-corrected chi connectivity index (χ1v) is 7.80. The molecule has 0 aliphatic carbocycles. The van der Waals surface area contributed by atoms with Crippen LogP contribution in [0, 0.1) is 6.92 Å². The van der Waals surface area contributed by atoms with Crippen LogP contribution in [0.2, 0.25) is 5.02 Å². The van der Waals surface area contributed by atoms with E-state index < -0.39 is 0 Å². The summed E-state index contributed by atoms with van der Waals surface area (Å²) in [6, 6.07) is 13.0. The molecule has 118 valence electrons. The van der Waals surface area contributed by atoms with Crippen molar-refractivity contribution in [1.29, 1.82) is 0 Å². The Balaban J connectivity index is 1.78. The van der Waals surface area contributed by atoms with Gasteiger partial charge in [-0.3, -0.25) is 14.2 Å². The highest BCUT2D eigenvalue weighted by Gasteiger charge is 2.17. The molecular weight excluding hydrogens is 324 g/mol. The number of aryl methyl sites for hydroxylation is 1. The zero-order chi connectivity index (χ0) is 16.7. The molecular formula is C18H13ClN4O. The molecule has 5 nitrogen and oxygen atoms in total.